The summed E-state index contributed by atoms with van der Waals surface area (Å²) in [4.78, 5) is 9.19. The molecule has 0 unspecified atom stereocenters. The van der Waals surface area contributed by atoms with E-state index in [1.807, 2.05) is 36.4 Å². The van der Waals surface area contributed by atoms with Gasteiger partial charge in [-0.05, 0) is 30.7 Å². The SMILES string of the molecule is Cc1cccc2nc3ccccc3nc12.[2H]C. The molecule has 0 radical (unpaired) electrons. The van der Waals surface area contributed by atoms with E-state index in [2.05, 4.69) is 23.0 Å². The molecule has 0 atom stereocenters. The van der Waals surface area contributed by atoms with E-state index in [1.165, 1.54) is 13.0 Å². The maximum absolute atomic E-state index is 5.75. The van der Waals surface area contributed by atoms with Crippen LogP contribution in [0.3, 0.4) is 0 Å². The van der Waals surface area contributed by atoms with Crippen molar-refractivity contribution in [3.05, 3.63) is 48.0 Å². The van der Waals surface area contributed by atoms with Crippen molar-refractivity contribution in [3.8, 4) is 0 Å². The third-order valence-electron chi connectivity index (χ3n) is 2.57. The second-order valence-electron chi connectivity index (χ2n) is 3.65. The summed E-state index contributed by atoms with van der Waals surface area (Å²) in [6.07, 6.45) is 0. The quantitative estimate of drug-likeness (QED) is 0.529. The lowest BCUT2D eigenvalue weighted by Gasteiger charge is -2.02. The maximum atomic E-state index is 5.75. The number of aryl methyl sites for hydroxylation is 1. The zero-order chi connectivity index (χ0) is 12.3. The Morgan fingerprint density at radius 1 is 0.875 bits per heavy atom. The van der Waals surface area contributed by atoms with Crippen molar-refractivity contribution in [1.82, 2.24) is 9.97 Å². The van der Waals surface area contributed by atoms with Crippen molar-refractivity contribution in [2.45, 2.75) is 14.3 Å². The molecule has 16 heavy (non-hydrogen) atoms. The lowest BCUT2D eigenvalue weighted by molar-refractivity contribution is 1.36. The highest BCUT2D eigenvalue weighted by atomic mass is 14.8. The summed E-state index contributed by atoms with van der Waals surface area (Å²) in [6, 6.07) is 14.0. The van der Waals surface area contributed by atoms with Gasteiger partial charge in [-0.15, -0.1) is 0 Å². The van der Waals surface area contributed by atoms with Gasteiger partial charge in [-0.1, -0.05) is 31.7 Å². The molecule has 0 amide bonds. The number of hydrogen-bond donors (Lipinski definition) is 0. The summed E-state index contributed by atoms with van der Waals surface area (Å²) >= 11 is 0. The van der Waals surface area contributed by atoms with Gasteiger partial charge in [-0.25, -0.2) is 9.97 Å². The highest BCUT2D eigenvalue weighted by Crippen LogP contribution is 2.18. The number of benzene rings is 2. The van der Waals surface area contributed by atoms with Gasteiger partial charge < -0.3 is 0 Å². The highest BCUT2D eigenvalue weighted by molar-refractivity contribution is 5.87. The minimum absolute atomic E-state index is 0.954. The van der Waals surface area contributed by atoms with Gasteiger partial charge in [0.2, 0.25) is 0 Å². The second-order valence-corrected chi connectivity index (χ2v) is 3.65. The highest BCUT2D eigenvalue weighted by Gasteiger charge is 2.01. The number of para-hydroxylation sites is 3. The van der Waals surface area contributed by atoms with Crippen molar-refractivity contribution in [2.75, 3.05) is 0 Å². The molecule has 0 saturated carbocycles. The van der Waals surface area contributed by atoms with Gasteiger partial charge in [-0.3, -0.25) is 0 Å². The molecule has 3 aromatic rings. The van der Waals surface area contributed by atoms with Crippen LogP contribution in [0.15, 0.2) is 42.5 Å². The number of aromatic nitrogens is 2. The summed E-state index contributed by atoms with van der Waals surface area (Å²) in [5, 5.41) is 0. The number of hydrogen-bond acceptors (Lipinski definition) is 2. The largest absolute Gasteiger partial charge is 0.244 e. The first kappa shape index (κ1) is 9.28. The minimum atomic E-state index is 0.954. The molecule has 2 heteroatoms. The maximum Gasteiger partial charge on any atom is 0.0923 e. The topological polar surface area (TPSA) is 25.8 Å². The molecule has 80 valence electrons. The zero-order valence-corrected chi connectivity index (χ0v) is 9.44. The Hall–Kier alpha value is -1.96. The summed E-state index contributed by atoms with van der Waals surface area (Å²) in [6.45, 7) is 2.06. The van der Waals surface area contributed by atoms with Crippen LogP contribution in [0.25, 0.3) is 22.1 Å². The van der Waals surface area contributed by atoms with Gasteiger partial charge in [0.1, 0.15) is 0 Å². The Labute approximate surface area is 96.4 Å². The standard InChI is InChI=1S/C13H10N2.CH4/c1-9-5-4-8-12-13(9)15-11-7-3-2-6-10(11)14-12;/h2-8H,1H3;1H4/i;1D. The van der Waals surface area contributed by atoms with Crippen molar-refractivity contribution in [3.63, 3.8) is 0 Å². The molecular weight excluding hydrogens is 196 g/mol. The molecule has 0 saturated heterocycles. The molecule has 0 aliphatic rings. The van der Waals surface area contributed by atoms with Crippen LogP contribution < -0.4 is 0 Å². The molecule has 1 aromatic heterocycles. The van der Waals surface area contributed by atoms with E-state index in [4.69, 9.17) is 1.37 Å². The molecular formula is C14H14N2. The average Bonchev–Trinajstić information content (AvgIpc) is 2.40. The monoisotopic (exact) mass is 211 g/mol. The minimum Gasteiger partial charge on any atom is -0.244 e. The second kappa shape index (κ2) is 3.89. The van der Waals surface area contributed by atoms with E-state index in [9.17, 15) is 0 Å². The van der Waals surface area contributed by atoms with E-state index < -0.39 is 0 Å². The van der Waals surface area contributed by atoms with E-state index in [1.54, 1.807) is 0 Å². The Bertz CT molecular complexity index is 650. The lowest BCUT2D eigenvalue weighted by atomic mass is 10.2. The van der Waals surface area contributed by atoms with Crippen LogP contribution in [0.1, 0.15) is 14.3 Å². The van der Waals surface area contributed by atoms with Gasteiger partial charge in [0, 0.05) is 1.37 Å². The van der Waals surface area contributed by atoms with Crippen molar-refractivity contribution >= 4 is 22.1 Å². The molecule has 0 spiro atoms. The number of rotatable bonds is 0. The number of fused-ring (bicyclic) bond motifs is 2. The van der Waals surface area contributed by atoms with E-state index in [-0.39, 0.29) is 0 Å². The normalized spacial score (nSPS) is 10.8. The van der Waals surface area contributed by atoms with Gasteiger partial charge in [-0.2, -0.15) is 0 Å². The molecule has 2 nitrogen and oxygen atoms in total. The third kappa shape index (κ3) is 1.52. The van der Waals surface area contributed by atoms with Crippen LogP contribution >= 0.6 is 0 Å². The fraction of sp³-hybridized carbons (Fsp3) is 0.143. The van der Waals surface area contributed by atoms with Gasteiger partial charge in [0.25, 0.3) is 0 Å². The van der Waals surface area contributed by atoms with Gasteiger partial charge >= 0.3 is 0 Å². The van der Waals surface area contributed by atoms with E-state index in [0.717, 1.165) is 22.1 Å². The Morgan fingerprint density at radius 3 is 2.25 bits per heavy atom. The summed E-state index contributed by atoms with van der Waals surface area (Å²) < 4.78 is 5.75. The van der Waals surface area contributed by atoms with Crippen molar-refractivity contribution in [1.29, 1.82) is 0 Å². The predicted molar refractivity (Wildman–Crippen MR) is 68.5 cm³/mol. The molecule has 0 N–H and O–H groups in total. The Balaban J connectivity index is 0.000000514. The lowest BCUT2D eigenvalue weighted by Crippen LogP contribution is -1.88. The molecule has 2 aromatic carbocycles. The number of nitrogens with zero attached hydrogens (tertiary/aromatic N) is 2. The van der Waals surface area contributed by atoms with Crippen LogP contribution in [0.5, 0.6) is 0 Å². The molecule has 1 heterocycles. The average molecular weight is 211 g/mol. The molecule has 0 fully saturated rings. The smallest absolute Gasteiger partial charge is 0.0923 e. The first-order valence-electron chi connectivity index (χ1n) is 5.97. The first-order valence-corrected chi connectivity index (χ1v) is 4.97. The van der Waals surface area contributed by atoms with E-state index in [0.29, 0.717) is 0 Å². The molecule has 0 bridgehead atoms. The molecule has 0 aliphatic heterocycles. The van der Waals surface area contributed by atoms with Gasteiger partial charge in [0.15, 0.2) is 0 Å². The van der Waals surface area contributed by atoms with Crippen LogP contribution in [0.4, 0.5) is 0 Å². The fourth-order valence-electron chi connectivity index (χ4n) is 1.78. The molecule has 0 aliphatic carbocycles. The Morgan fingerprint density at radius 2 is 1.50 bits per heavy atom. The van der Waals surface area contributed by atoms with Crippen LogP contribution in [0.2, 0.25) is 0 Å². The van der Waals surface area contributed by atoms with Crippen molar-refractivity contribution in [2.24, 2.45) is 0 Å². The Kier molecular flexibility index (Phi) is 2.26. The summed E-state index contributed by atoms with van der Waals surface area (Å²) in [5.41, 5.74) is 5.05. The summed E-state index contributed by atoms with van der Waals surface area (Å²) in [5.74, 6) is 0. The predicted octanol–water partition coefficient (Wildman–Crippen LogP) is 3.73. The fourth-order valence-corrected chi connectivity index (χ4v) is 1.78. The van der Waals surface area contributed by atoms with Gasteiger partial charge in [0.05, 0.1) is 22.1 Å². The van der Waals surface area contributed by atoms with Crippen LogP contribution in [-0.2, 0) is 0 Å². The first-order chi connectivity index (χ1) is 8.34. The third-order valence-corrected chi connectivity index (χ3v) is 2.57. The van der Waals surface area contributed by atoms with Crippen LogP contribution in [0, 0.1) is 6.92 Å². The zero-order valence-electron chi connectivity index (χ0n) is 10.4. The van der Waals surface area contributed by atoms with Crippen LogP contribution in [-0.4, -0.2) is 9.97 Å². The summed E-state index contributed by atoms with van der Waals surface area (Å²) in [7, 11) is 1.25. The molecule has 3 rings (SSSR count). The van der Waals surface area contributed by atoms with Crippen molar-refractivity contribution < 1.29 is 1.37 Å². The van der Waals surface area contributed by atoms with E-state index >= 15 is 0 Å².